The van der Waals surface area contributed by atoms with Gasteiger partial charge in [0, 0.05) is 31.2 Å². The van der Waals surface area contributed by atoms with Crippen LogP contribution in [0.1, 0.15) is 37.4 Å². The van der Waals surface area contributed by atoms with Crippen LogP contribution in [0.2, 0.25) is 0 Å². The molecule has 0 aromatic heterocycles. The van der Waals surface area contributed by atoms with Crippen LogP contribution in [0.4, 0.5) is 13.2 Å². The smallest absolute Gasteiger partial charge is 0.395 e. The molecule has 2 N–H and O–H groups in total. The Bertz CT molecular complexity index is 475. The average molecular weight is 316 g/mol. The second-order valence-corrected chi connectivity index (χ2v) is 5.89. The van der Waals surface area contributed by atoms with Gasteiger partial charge in [-0.1, -0.05) is 19.1 Å². The van der Waals surface area contributed by atoms with Gasteiger partial charge in [-0.2, -0.15) is 13.2 Å². The minimum Gasteiger partial charge on any atom is -0.395 e. The molecule has 6 heteroatoms. The van der Waals surface area contributed by atoms with E-state index in [-0.39, 0.29) is 18.7 Å². The third-order valence-electron chi connectivity index (χ3n) is 4.28. The number of nitrogens with one attached hydrogen (secondary N) is 1. The third-order valence-corrected chi connectivity index (χ3v) is 4.28. The van der Waals surface area contributed by atoms with Crippen LogP contribution in [0.5, 0.6) is 0 Å². The van der Waals surface area contributed by atoms with Crippen molar-refractivity contribution in [1.29, 1.82) is 0 Å². The number of piperazine rings is 1. The molecule has 1 fully saturated rings. The first-order valence-electron chi connectivity index (χ1n) is 7.64. The topological polar surface area (TPSA) is 35.5 Å². The maximum absolute atomic E-state index is 12.7. The fourth-order valence-corrected chi connectivity index (χ4v) is 3.09. The van der Waals surface area contributed by atoms with Crippen molar-refractivity contribution in [1.82, 2.24) is 10.2 Å². The van der Waals surface area contributed by atoms with Crippen LogP contribution < -0.4 is 5.32 Å². The third kappa shape index (κ3) is 3.80. The number of alkyl halides is 3. The largest absolute Gasteiger partial charge is 0.416 e. The van der Waals surface area contributed by atoms with Gasteiger partial charge in [0.1, 0.15) is 0 Å². The Morgan fingerprint density at radius 2 is 1.95 bits per heavy atom. The fraction of sp³-hybridized carbons (Fsp3) is 0.625. The van der Waals surface area contributed by atoms with Gasteiger partial charge in [0.2, 0.25) is 0 Å². The van der Waals surface area contributed by atoms with E-state index < -0.39 is 11.7 Å². The minimum absolute atomic E-state index is 0.0107. The predicted octanol–water partition coefficient (Wildman–Crippen LogP) is 2.81. The van der Waals surface area contributed by atoms with Crippen molar-refractivity contribution in [2.24, 2.45) is 0 Å². The molecule has 1 aliphatic heterocycles. The van der Waals surface area contributed by atoms with Gasteiger partial charge >= 0.3 is 6.18 Å². The van der Waals surface area contributed by atoms with Crippen molar-refractivity contribution in [3.63, 3.8) is 0 Å². The van der Waals surface area contributed by atoms with Crippen molar-refractivity contribution < 1.29 is 18.3 Å². The van der Waals surface area contributed by atoms with Gasteiger partial charge in [0.25, 0.3) is 0 Å². The first kappa shape index (κ1) is 17.2. The van der Waals surface area contributed by atoms with Crippen LogP contribution in [0.25, 0.3) is 0 Å². The number of rotatable bonds is 4. The first-order chi connectivity index (χ1) is 10.4. The van der Waals surface area contributed by atoms with Crippen molar-refractivity contribution in [2.45, 2.75) is 44.6 Å². The lowest BCUT2D eigenvalue weighted by molar-refractivity contribution is -0.137. The minimum atomic E-state index is -4.31. The maximum atomic E-state index is 12.7. The summed E-state index contributed by atoms with van der Waals surface area (Å²) >= 11 is 0. The Kier molecular flexibility index (Phi) is 5.47. The van der Waals surface area contributed by atoms with Crippen molar-refractivity contribution in [2.75, 3.05) is 19.7 Å². The number of aliphatic hydroxyl groups excluding tert-OH is 1. The van der Waals surface area contributed by atoms with Gasteiger partial charge in [-0.15, -0.1) is 0 Å². The number of benzene rings is 1. The molecule has 1 saturated heterocycles. The van der Waals surface area contributed by atoms with Crippen LogP contribution in [0.3, 0.4) is 0 Å². The maximum Gasteiger partial charge on any atom is 0.416 e. The SMILES string of the molecule is CCC(c1ccc(C(F)(F)F)cc1)N1C[C@H](C)NC[C@H]1CO. The van der Waals surface area contributed by atoms with Crippen molar-refractivity contribution >= 4 is 0 Å². The van der Waals surface area contributed by atoms with Gasteiger partial charge in [-0.05, 0) is 31.0 Å². The average Bonchev–Trinajstić information content (AvgIpc) is 2.48. The summed E-state index contributed by atoms with van der Waals surface area (Å²) in [7, 11) is 0. The van der Waals surface area contributed by atoms with E-state index in [9.17, 15) is 18.3 Å². The summed E-state index contributed by atoms with van der Waals surface area (Å²) in [6.45, 7) is 5.58. The highest BCUT2D eigenvalue weighted by atomic mass is 19.4. The second kappa shape index (κ2) is 6.98. The zero-order valence-corrected chi connectivity index (χ0v) is 12.9. The van der Waals surface area contributed by atoms with E-state index in [1.807, 2.05) is 6.92 Å². The van der Waals surface area contributed by atoms with Crippen LogP contribution >= 0.6 is 0 Å². The van der Waals surface area contributed by atoms with Crippen LogP contribution in [0.15, 0.2) is 24.3 Å². The standard InChI is InChI=1S/C16H23F3N2O/c1-3-15(21-9-11(2)20-8-14(21)10-22)12-4-6-13(7-5-12)16(17,18)19/h4-7,11,14-15,20,22H,3,8-10H2,1-2H3/t11-,14-,15?/m0/s1. The molecule has 0 amide bonds. The number of hydrogen-bond acceptors (Lipinski definition) is 3. The molecule has 2 rings (SSSR count). The number of aliphatic hydroxyl groups is 1. The Morgan fingerprint density at radius 3 is 2.45 bits per heavy atom. The molecular formula is C16H23F3N2O. The predicted molar refractivity (Wildman–Crippen MR) is 79.5 cm³/mol. The molecule has 124 valence electrons. The number of nitrogens with zero attached hydrogens (tertiary/aromatic N) is 1. The fourth-order valence-electron chi connectivity index (χ4n) is 3.09. The summed E-state index contributed by atoms with van der Waals surface area (Å²) in [6.07, 6.45) is -3.52. The van der Waals surface area contributed by atoms with Gasteiger partial charge < -0.3 is 10.4 Å². The molecule has 1 aromatic carbocycles. The van der Waals surface area contributed by atoms with E-state index in [4.69, 9.17) is 0 Å². The molecule has 3 atom stereocenters. The molecule has 0 saturated carbocycles. The summed E-state index contributed by atoms with van der Waals surface area (Å²) in [6, 6.07) is 5.68. The summed E-state index contributed by atoms with van der Waals surface area (Å²) < 4.78 is 38.0. The number of hydrogen-bond donors (Lipinski definition) is 2. The molecule has 1 heterocycles. The van der Waals surface area contributed by atoms with E-state index in [0.717, 1.165) is 30.7 Å². The van der Waals surface area contributed by atoms with E-state index >= 15 is 0 Å². The highest BCUT2D eigenvalue weighted by Gasteiger charge is 2.33. The molecule has 0 radical (unpaired) electrons. The van der Waals surface area contributed by atoms with E-state index in [1.165, 1.54) is 0 Å². The summed E-state index contributed by atoms with van der Waals surface area (Å²) in [5.41, 5.74) is 0.238. The Labute approximate surface area is 129 Å². The Hall–Kier alpha value is -1.11. The van der Waals surface area contributed by atoms with Gasteiger partial charge in [-0.3, -0.25) is 4.90 Å². The Morgan fingerprint density at radius 1 is 1.32 bits per heavy atom. The molecule has 1 aliphatic rings. The number of halogens is 3. The molecule has 0 spiro atoms. The molecule has 1 unspecified atom stereocenters. The van der Waals surface area contributed by atoms with Crippen LogP contribution in [-0.2, 0) is 6.18 Å². The van der Waals surface area contributed by atoms with Gasteiger partial charge in [0.05, 0.1) is 12.2 Å². The first-order valence-corrected chi connectivity index (χ1v) is 7.64. The molecule has 1 aromatic rings. The zero-order chi connectivity index (χ0) is 16.3. The lowest BCUT2D eigenvalue weighted by Gasteiger charge is -2.43. The normalized spacial score (nSPS) is 25.2. The monoisotopic (exact) mass is 316 g/mol. The van der Waals surface area contributed by atoms with E-state index in [1.54, 1.807) is 12.1 Å². The highest BCUT2D eigenvalue weighted by molar-refractivity contribution is 5.27. The lowest BCUT2D eigenvalue weighted by Crippen LogP contribution is -2.57. The van der Waals surface area contributed by atoms with Crippen LogP contribution in [0, 0.1) is 0 Å². The molecular weight excluding hydrogens is 293 g/mol. The molecule has 0 aliphatic carbocycles. The highest BCUT2D eigenvalue weighted by Crippen LogP contribution is 2.32. The second-order valence-electron chi connectivity index (χ2n) is 5.89. The Balaban J connectivity index is 2.23. The quantitative estimate of drug-likeness (QED) is 0.897. The van der Waals surface area contributed by atoms with E-state index in [0.29, 0.717) is 12.6 Å². The van der Waals surface area contributed by atoms with Crippen molar-refractivity contribution in [3.8, 4) is 0 Å². The molecule has 3 nitrogen and oxygen atoms in total. The van der Waals surface area contributed by atoms with Crippen molar-refractivity contribution in [3.05, 3.63) is 35.4 Å². The van der Waals surface area contributed by atoms with Gasteiger partial charge in [0.15, 0.2) is 0 Å². The van der Waals surface area contributed by atoms with Crippen LogP contribution in [-0.4, -0.2) is 41.8 Å². The summed E-state index contributed by atoms with van der Waals surface area (Å²) in [4.78, 5) is 2.20. The zero-order valence-electron chi connectivity index (χ0n) is 12.9. The summed E-state index contributed by atoms with van der Waals surface area (Å²) in [5.74, 6) is 0. The van der Waals surface area contributed by atoms with Gasteiger partial charge in [-0.25, -0.2) is 0 Å². The molecule has 0 bridgehead atoms. The summed E-state index contributed by atoms with van der Waals surface area (Å²) in [5, 5.41) is 12.9. The van der Waals surface area contributed by atoms with E-state index in [2.05, 4.69) is 17.1 Å². The lowest BCUT2D eigenvalue weighted by atomic mass is 9.97. The molecule has 22 heavy (non-hydrogen) atoms.